The topological polar surface area (TPSA) is 141 Å². The third-order valence-corrected chi connectivity index (χ3v) is 5.36. The number of aromatic nitrogens is 5. The summed E-state index contributed by atoms with van der Waals surface area (Å²) in [6.07, 6.45) is 1.62. The SMILES string of the molecule is CN(C(=O)O)c1cccc(-n2c(=O)n(-c3ccc(Oc4ccccc4)nc3)c3c(N)ncnc32)c1. The van der Waals surface area contributed by atoms with Crippen LogP contribution < -0.4 is 21.1 Å². The van der Waals surface area contributed by atoms with Gasteiger partial charge in [0.1, 0.15) is 17.6 Å². The van der Waals surface area contributed by atoms with Gasteiger partial charge in [-0.15, -0.1) is 0 Å². The molecule has 174 valence electrons. The number of benzene rings is 2. The molecule has 0 radical (unpaired) electrons. The average molecular weight is 469 g/mol. The van der Waals surface area contributed by atoms with Crippen LogP contribution in [0.25, 0.3) is 22.5 Å². The van der Waals surface area contributed by atoms with E-state index in [1.807, 2.05) is 30.3 Å². The standard InChI is InChI=1S/C24H19N7O4/c1-29(24(33)34)15-6-5-7-16(12-15)31-22-20(21(25)27-14-28-22)30(23(31)32)17-10-11-19(26-13-17)35-18-8-3-2-4-9-18/h2-14H,1H3,(H,33,34)(H2,25,27,28). The molecular formula is C24H19N7O4. The molecule has 1 amide bonds. The number of anilines is 2. The monoisotopic (exact) mass is 469 g/mol. The molecule has 0 saturated heterocycles. The molecule has 0 unspecified atom stereocenters. The highest BCUT2D eigenvalue weighted by Gasteiger charge is 2.21. The molecule has 0 spiro atoms. The number of carbonyl (C=O) groups is 1. The zero-order valence-electron chi connectivity index (χ0n) is 18.4. The summed E-state index contributed by atoms with van der Waals surface area (Å²) in [5.74, 6) is 1.09. The fourth-order valence-corrected chi connectivity index (χ4v) is 3.64. The first-order valence-corrected chi connectivity index (χ1v) is 10.4. The van der Waals surface area contributed by atoms with E-state index in [9.17, 15) is 14.7 Å². The van der Waals surface area contributed by atoms with Gasteiger partial charge < -0.3 is 15.6 Å². The lowest BCUT2D eigenvalue weighted by molar-refractivity contribution is 0.203. The highest BCUT2D eigenvalue weighted by atomic mass is 16.5. The van der Waals surface area contributed by atoms with Crippen LogP contribution in [-0.4, -0.2) is 42.3 Å². The van der Waals surface area contributed by atoms with Crippen molar-refractivity contribution in [1.29, 1.82) is 0 Å². The summed E-state index contributed by atoms with van der Waals surface area (Å²) < 4.78 is 8.44. The highest BCUT2D eigenvalue weighted by Crippen LogP contribution is 2.26. The quantitative estimate of drug-likeness (QED) is 0.399. The normalized spacial score (nSPS) is 10.9. The van der Waals surface area contributed by atoms with E-state index >= 15 is 0 Å². The Morgan fingerprint density at radius 2 is 1.77 bits per heavy atom. The molecule has 35 heavy (non-hydrogen) atoms. The van der Waals surface area contributed by atoms with Crippen molar-refractivity contribution in [3.05, 3.63) is 89.7 Å². The average Bonchev–Trinajstić information content (AvgIpc) is 3.17. The first kappa shape index (κ1) is 21.6. The summed E-state index contributed by atoms with van der Waals surface area (Å²) in [5, 5.41) is 9.33. The van der Waals surface area contributed by atoms with Crippen LogP contribution in [-0.2, 0) is 0 Å². The third kappa shape index (κ3) is 3.91. The maximum atomic E-state index is 13.6. The van der Waals surface area contributed by atoms with Crippen molar-refractivity contribution in [3.63, 3.8) is 0 Å². The van der Waals surface area contributed by atoms with Crippen LogP contribution in [0.2, 0.25) is 0 Å². The zero-order valence-corrected chi connectivity index (χ0v) is 18.4. The van der Waals surface area contributed by atoms with Gasteiger partial charge in [0.2, 0.25) is 5.88 Å². The van der Waals surface area contributed by atoms with Gasteiger partial charge in [-0.1, -0.05) is 24.3 Å². The Bertz CT molecular complexity index is 1590. The van der Waals surface area contributed by atoms with Crippen LogP contribution in [0.1, 0.15) is 0 Å². The maximum Gasteiger partial charge on any atom is 0.411 e. The van der Waals surface area contributed by atoms with Gasteiger partial charge in [0.15, 0.2) is 11.5 Å². The van der Waals surface area contributed by atoms with Crippen LogP contribution in [0.3, 0.4) is 0 Å². The van der Waals surface area contributed by atoms with E-state index in [0.29, 0.717) is 34.2 Å². The molecule has 11 heteroatoms. The van der Waals surface area contributed by atoms with E-state index in [1.54, 1.807) is 36.4 Å². The molecular weight excluding hydrogens is 450 g/mol. The van der Waals surface area contributed by atoms with E-state index in [2.05, 4.69) is 15.0 Å². The van der Waals surface area contributed by atoms with Crippen LogP contribution in [0, 0.1) is 0 Å². The summed E-state index contributed by atoms with van der Waals surface area (Å²) >= 11 is 0. The molecule has 0 aliphatic heterocycles. The van der Waals surface area contributed by atoms with Gasteiger partial charge in [-0.25, -0.2) is 29.1 Å². The molecule has 2 aromatic carbocycles. The van der Waals surface area contributed by atoms with Crippen LogP contribution in [0.5, 0.6) is 11.6 Å². The van der Waals surface area contributed by atoms with Gasteiger partial charge in [0, 0.05) is 18.8 Å². The number of nitrogens with zero attached hydrogens (tertiary/aromatic N) is 6. The van der Waals surface area contributed by atoms with Crippen molar-refractivity contribution in [1.82, 2.24) is 24.1 Å². The fourth-order valence-electron chi connectivity index (χ4n) is 3.64. The van der Waals surface area contributed by atoms with Crippen molar-refractivity contribution < 1.29 is 14.6 Å². The first-order valence-electron chi connectivity index (χ1n) is 10.4. The third-order valence-electron chi connectivity index (χ3n) is 5.36. The van der Waals surface area contributed by atoms with Gasteiger partial charge >= 0.3 is 11.8 Å². The Morgan fingerprint density at radius 1 is 0.971 bits per heavy atom. The number of hydrogen-bond donors (Lipinski definition) is 2. The molecule has 0 atom stereocenters. The highest BCUT2D eigenvalue weighted by molar-refractivity contribution is 5.87. The van der Waals surface area contributed by atoms with Crippen LogP contribution >= 0.6 is 0 Å². The van der Waals surface area contributed by atoms with Crippen molar-refractivity contribution in [3.8, 4) is 23.0 Å². The molecule has 0 bridgehead atoms. The smallest absolute Gasteiger partial charge is 0.411 e. The lowest BCUT2D eigenvalue weighted by Gasteiger charge is -2.14. The minimum atomic E-state index is -1.13. The van der Waals surface area contributed by atoms with E-state index in [4.69, 9.17) is 10.5 Å². The predicted octanol–water partition coefficient (Wildman–Crippen LogP) is 3.46. The minimum absolute atomic E-state index is 0.106. The number of ether oxygens (including phenoxy) is 1. The Morgan fingerprint density at radius 3 is 2.49 bits per heavy atom. The number of fused-ring (bicyclic) bond motifs is 1. The second kappa shape index (κ2) is 8.63. The Labute approximate surface area is 198 Å². The molecule has 3 N–H and O–H groups in total. The Balaban J connectivity index is 1.63. The molecule has 5 aromatic rings. The summed E-state index contributed by atoms with van der Waals surface area (Å²) in [5.41, 5.74) is 7.47. The molecule has 11 nitrogen and oxygen atoms in total. The van der Waals surface area contributed by atoms with Gasteiger partial charge in [-0.2, -0.15) is 0 Å². The van der Waals surface area contributed by atoms with E-state index < -0.39 is 11.8 Å². The maximum absolute atomic E-state index is 13.6. The van der Waals surface area contributed by atoms with Crippen LogP contribution in [0.4, 0.5) is 16.3 Å². The Kier molecular flexibility index (Phi) is 5.34. The predicted molar refractivity (Wildman–Crippen MR) is 130 cm³/mol. The summed E-state index contributed by atoms with van der Waals surface area (Å²) in [4.78, 5) is 38.7. The zero-order chi connectivity index (χ0) is 24.5. The molecule has 0 aliphatic carbocycles. The summed E-state index contributed by atoms with van der Waals surface area (Å²) in [7, 11) is 1.42. The number of nitrogen functional groups attached to an aromatic ring is 1. The number of imidazole rings is 1. The van der Waals surface area contributed by atoms with E-state index in [-0.39, 0.29) is 11.5 Å². The number of nitrogens with two attached hydrogens (primary N) is 1. The fraction of sp³-hybridized carbons (Fsp3) is 0.0417. The molecule has 3 heterocycles. The van der Waals surface area contributed by atoms with E-state index in [1.165, 1.54) is 28.7 Å². The minimum Gasteiger partial charge on any atom is -0.465 e. The lowest BCUT2D eigenvalue weighted by Crippen LogP contribution is -2.25. The largest absolute Gasteiger partial charge is 0.465 e. The number of amides is 1. The van der Waals surface area contributed by atoms with Gasteiger partial charge in [0.25, 0.3) is 0 Å². The number of carboxylic acid groups (broad SMARTS) is 1. The molecule has 0 saturated carbocycles. The van der Waals surface area contributed by atoms with Gasteiger partial charge in [-0.3, -0.25) is 9.47 Å². The number of hydrogen-bond acceptors (Lipinski definition) is 7. The van der Waals surface area contributed by atoms with Gasteiger partial charge in [-0.05, 0) is 36.4 Å². The molecule has 0 aliphatic rings. The molecule has 0 fully saturated rings. The van der Waals surface area contributed by atoms with Crippen molar-refractivity contribution >= 4 is 28.8 Å². The van der Waals surface area contributed by atoms with Crippen molar-refractivity contribution in [2.75, 3.05) is 17.7 Å². The Hall–Kier alpha value is -5.19. The molecule has 5 rings (SSSR count). The number of para-hydroxylation sites is 1. The summed E-state index contributed by atoms with van der Waals surface area (Å²) in [6.45, 7) is 0. The summed E-state index contributed by atoms with van der Waals surface area (Å²) in [6, 6.07) is 19.1. The second-order valence-electron chi connectivity index (χ2n) is 7.52. The number of rotatable bonds is 5. The van der Waals surface area contributed by atoms with Gasteiger partial charge in [0.05, 0.1) is 17.6 Å². The van der Waals surface area contributed by atoms with Crippen molar-refractivity contribution in [2.45, 2.75) is 0 Å². The van der Waals surface area contributed by atoms with E-state index in [0.717, 1.165) is 4.90 Å². The number of pyridine rings is 1. The van der Waals surface area contributed by atoms with Crippen LogP contribution in [0.15, 0.2) is 84.0 Å². The first-order chi connectivity index (χ1) is 16.9. The lowest BCUT2D eigenvalue weighted by atomic mass is 10.2. The van der Waals surface area contributed by atoms with Crippen molar-refractivity contribution in [2.24, 2.45) is 0 Å². The second-order valence-corrected chi connectivity index (χ2v) is 7.52. The molecule has 3 aromatic heterocycles.